The summed E-state index contributed by atoms with van der Waals surface area (Å²) in [7, 11) is -3.57. The maximum absolute atomic E-state index is 14.2. The van der Waals surface area contributed by atoms with E-state index in [1.807, 2.05) is 6.07 Å². The third-order valence-corrected chi connectivity index (χ3v) is 5.65. The molecule has 0 saturated heterocycles. The summed E-state index contributed by atoms with van der Waals surface area (Å²) in [5.74, 6) is -0.521. The Morgan fingerprint density at radius 2 is 1.96 bits per heavy atom. The van der Waals surface area contributed by atoms with Crippen molar-refractivity contribution in [2.24, 2.45) is 5.14 Å². The van der Waals surface area contributed by atoms with Crippen LogP contribution in [0, 0.1) is 5.82 Å². The number of rotatable bonds is 7. The number of pyridine rings is 1. The number of aromatic nitrogens is 1. The van der Waals surface area contributed by atoms with Gasteiger partial charge in [0.15, 0.2) is 0 Å². The summed E-state index contributed by atoms with van der Waals surface area (Å²) >= 11 is 0. The lowest BCUT2D eigenvalue weighted by Crippen LogP contribution is -2.18. The lowest BCUT2D eigenvalue weighted by molar-refractivity contribution is 0.0168. The van der Waals surface area contributed by atoms with Gasteiger partial charge in [0.2, 0.25) is 10.0 Å². The van der Waals surface area contributed by atoms with Gasteiger partial charge in [-0.15, -0.1) is 0 Å². The molecule has 0 bridgehead atoms. The first-order valence-electron chi connectivity index (χ1n) is 9.25. The van der Waals surface area contributed by atoms with Crippen molar-refractivity contribution < 1.29 is 17.5 Å². The number of sulfonamides is 1. The van der Waals surface area contributed by atoms with Gasteiger partial charge >= 0.3 is 0 Å². The van der Waals surface area contributed by atoms with Crippen molar-refractivity contribution in [2.45, 2.75) is 51.2 Å². The molecule has 1 fully saturated rings. The van der Waals surface area contributed by atoms with Gasteiger partial charge in [-0.3, -0.25) is 4.98 Å². The smallest absolute Gasteiger partial charge is 0.209 e. The molecule has 7 heteroatoms. The maximum Gasteiger partial charge on any atom is 0.209 e. The van der Waals surface area contributed by atoms with Crippen molar-refractivity contribution in [3.8, 4) is 11.1 Å². The van der Waals surface area contributed by atoms with Gasteiger partial charge in [0.25, 0.3) is 0 Å². The number of hydrogen-bond donors (Lipinski definition) is 1. The summed E-state index contributed by atoms with van der Waals surface area (Å²) in [6, 6.07) is 6.53. The zero-order valence-electron chi connectivity index (χ0n) is 15.2. The van der Waals surface area contributed by atoms with Gasteiger partial charge in [0.1, 0.15) is 5.82 Å². The van der Waals surface area contributed by atoms with E-state index >= 15 is 0 Å². The molecule has 0 aliphatic heterocycles. The molecule has 0 spiro atoms. The Bertz CT molecular complexity index is 881. The van der Waals surface area contributed by atoms with Gasteiger partial charge in [-0.1, -0.05) is 19.3 Å². The Labute approximate surface area is 159 Å². The molecule has 27 heavy (non-hydrogen) atoms. The second kappa shape index (κ2) is 8.91. The highest BCUT2D eigenvalue weighted by Crippen LogP contribution is 2.27. The molecule has 1 aliphatic carbocycles. The van der Waals surface area contributed by atoms with Crippen LogP contribution in [0.4, 0.5) is 4.39 Å². The minimum Gasteiger partial charge on any atom is -0.374 e. The molecule has 0 unspecified atom stereocenters. The maximum atomic E-state index is 14.2. The van der Waals surface area contributed by atoms with Crippen molar-refractivity contribution in [1.82, 2.24) is 4.98 Å². The van der Waals surface area contributed by atoms with Gasteiger partial charge in [-0.2, -0.15) is 0 Å². The van der Waals surface area contributed by atoms with Crippen molar-refractivity contribution >= 4 is 10.0 Å². The lowest BCUT2D eigenvalue weighted by Gasteiger charge is -2.22. The van der Waals surface area contributed by atoms with Gasteiger partial charge < -0.3 is 4.74 Å². The Hall–Kier alpha value is -1.83. The van der Waals surface area contributed by atoms with Crippen LogP contribution in [0.2, 0.25) is 0 Å². The van der Waals surface area contributed by atoms with E-state index in [4.69, 9.17) is 9.88 Å². The number of halogens is 1. The highest BCUT2D eigenvalue weighted by atomic mass is 32.2. The molecule has 0 atom stereocenters. The molecule has 2 N–H and O–H groups in total. The number of ether oxygens (including phenoxy) is 1. The van der Waals surface area contributed by atoms with Crippen molar-refractivity contribution in [3.05, 3.63) is 53.6 Å². The molecule has 1 saturated carbocycles. The van der Waals surface area contributed by atoms with E-state index in [1.165, 1.54) is 31.4 Å². The quantitative estimate of drug-likeness (QED) is 0.781. The van der Waals surface area contributed by atoms with Gasteiger partial charge in [-0.25, -0.2) is 17.9 Å². The second-order valence-corrected chi connectivity index (χ2v) is 8.80. The van der Waals surface area contributed by atoms with Crippen LogP contribution in [-0.2, 0) is 27.8 Å². The number of nitrogens with two attached hydrogens (primary N) is 1. The van der Waals surface area contributed by atoms with Crippen LogP contribution in [0.3, 0.4) is 0 Å². The Morgan fingerprint density at radius 1 is 1.19 bits per heavy atom. The summed E-state index contributed by atoms with van der Waals surface area (Å²) < 4.78 is 42.7. The molecule has 1 aromatic carbocycles. The van der Waals surface area contributed by atoms with Gasteiger partial charge in [-0.05, 0) is 60.2 Å². The average molecular weight is 392 g/mol. The van der Waals surface area contributed by atoms with E-state index in [0.717, 1.165) is 24.0 Å². The van der Waals surface area contributed by atoms with E-state index in [1.54, 1.807) is 18.5 Å². The lowest BCUT2D eigenvalue weighted by atomic mass is 9.97. The van der Waals surface area contributed by atoms with Gasteiger partial charge in [0.05, 0.1) is 18.5 Å². The van der Waals surface area contributed by atoms with Crippen LogP contribution >= 0.6 is 0 Å². The molecule has 5 nitrogen and oxygen atoms in total. The molecule has 3 rings (SSSR count). The summed E-state index contributed by atoms with van der Waals surface area (Å²) in [6.07, 6.45) is 9.45. The SMILES string of the molecule is NS(=O)(=O)CCc1ccncc1-c1cc(F)cc(COC2CCCCC2)c1. The third kappa shape index (κ3) is 6.09. The predicted molar refractivity (Wildman–Crippen MR) is 103 cm³/mol. The predicted octanol–water partition coefficient (Wildman–Crippen LogP) is 3.57. The summed E-state index contributed by atoms with van der Waals surface area (Å²) in [4.78, 5) is 4.11. The van der Waals surface area contributed by atoms with E-state index < -0.39 is 10.0 Å². The van der Waals surface area contributed by atoms with Crippen LogP contribution in [0.1, 0.15) is 43.2 Å². The van der Waals surface area contributed by atoms with Crippen LogP contribution in [0.5, 0.6) is 0 Å². The van der Waals surface area contributed by atoms with Crippen LogP contribution < -0.4 is 5.14 Å². The van der Waals surface area contributed by atoms with Crippen LogP contribution in [0.25, 0.3) is 11.1 Å². The molecule has 0 radical (unpaired) electrons. The average Bonchev–Trinajstić information content (AvgIpc) is 2.65. The minimum absolute atomic E-state index is 0.170. The fourth-order valence-corrected chi connectivity index (χ4v) is 3.99. The number of primary sulfonamides is 1. The zero-order valence-corrected chi connectivity index (χ0v) is 16.1. The first kappa shape index (κ1) is 19.9. The van der Waals surface area contributed by atoms with Crippen molar-refractivity contribution in [3.63, 3.8) is 0 Å². The fourth-order valence-electron chi connectivity index (χ4n) is 3.49. The van der Waals surface area contributed by atoms with Crippen LogP contribution in [-0.4, -0.2) is 25.3 Å². The first-order chi connectivity index (χ1) is 12.9. The van der Waals surface area contributed by atoms with Crippen molar-refractivity contribution in [2.75, 3.05) is 5.75 Å². The van der Waals surface area contributed by atoms with E-state index in [9.17, 15) is 12.8 Å². The normalized spacial score (nSPS) is 15.8. The molecule has 1 aliphatic rings. The third-order valence-electron chi connectivity index (χ3n) is 4.87. The largest absolute Gasteiger partial charge is 0.374 e. The number of nitrogens with zero attached hydrogens (tertiary/aromatic N) is 1. The fraction of sp³-hybridized carbons (Fsp3) is 0.450. The topological polar surface area (TPSA) is 82.3 Å². The molecular weight excluding hydrogens is 367 g/mol. The summed E-state index contributed by atoms with van der Waals surface area (Å²) in [5.41, 5.74) is 2.90. The van der Waals surface area contributed by atoms with Gasteiger partial charge in [0, 0.05) is 18.0 Å². The van der Waals surface area contributed by atoms with Crippen molar-refractivity contribution in [1.29, 1.82) is 0 Å². The van der Waals surface area contributed by atoms with E-state index in [-0.39, 0.29) is 24.1 Å². The summed E-state index contributed by atoms with van der Waals surface area (Å²) in [6.45, 7) is 0.363. The van der Waals surface area contributed by atoms with E-state index in [2.05, 4.69) is 4.98 Å². The Kier molecular flexibility index (Phi) is 6.57. The molecular formula is C20H25FN2O3S. The number of aryl methyl sites for hydroxylation is 1. The highest BCUT2D eigenvalue weighted by molar-refractivity contribution is 7.89. The summed E-state index contributed by atoms with van der Waals surface area (Å²) in [5, 5.41) is 5.11. The first-order valence-corrected chi connectivity index (χ1v) is 11.0. The second-order valence-electron chi connectivity index (χ2n) is 7.07. The highest BCUT2D eigenvalue weighted by Gasteiger charge is 2.15. The molecule has 1 aromatic heterocycles. The molecule has 1 heterocycles. The van der Waals surface area contributed by atoms with Crippen LogP contribution in [0.15, 0.2) is 36.7 Å². The monoisotopic (exact) mass is 392 g/mol. The Morgan fingerprint density at radius 3 is 2.70 bits per heavy atom. The molecule has 2 aromatic rings. The molecule has 0 amide bonds. The van der Waals surface area contributed by atoms with E-state index in [0.29, 0.717) is 17.7 Å². The minimum atomic E-state index is -3.57. The Balaban J connectivity index is 1.79. The molecule has 146 valence electrons. The standard InChI is InChI=1S/C20H25FN2O3S/c21-18-11-15(14-26-19-4-2-1-3-5-19)10-17(12-18)20-13-23-8-6-16(20)7-9-27(22,24)25/h6,8,10-13,19H,1-5,7,9,14H2,(H2,22,24,25). The number of hydrogen-bond acceptors (Lipinski definition) is 4. The number of benzene rings is 1. The zero-order chi connectivity index (χ0) is 19.3.